The summed E-state index contributed by atoms with van der Waals surface area (Å²) in [5.74, 6) is 0.923. The molecule has 0 amide bonds. The molecule has 3 heteroatoms. The molecule has 2 nitrogen and oxygen atoms in total. The molecule has 2 unspecified atom stereocenters. The second kappa shape index (κ2) is 5.60. The van der Waals surface area contributed by atoms with Gasteiger partial charge in [-0.15, -0.1) is 11.8 Å². The van der Waals surface area contributed by atoms with Gasteiger partial charge in [-0.05, 0) is 63.2 Å². The van der Waals surface area contributed by atoms with Gasteiger partial charge in [0, 0.05) is 28.8 Å². The highest BCUT2D eigenvalue weighted by molar-refractivity contribution is 8.00. The third-order valence-electron chi connectivity index (χ3n) is 5.39. The predicted octanol–water partition coefficient (Wildman–Crippen LogP) is 3.17. The lowest BCUT2D eigenvalue weighted by atomic mass is 9.95. The van der Waals surface area contributed by atoms with Crippen molar-refractivity contribution in [1.29, 1.82) is 0 Å². The number of rotatable bonds is 3. The van der Waals surface area contributed by atoms with Gasteiger partial charge in [-0.1, -0.05) is 18.2 Å². The van der Waals surface area contributed by atoms with Gasteiger partial charge in [0.2, 0.25) is 0 Å². The van der Waals surface area contributed by atoms with Gasteiger partial charge in [-0.25, -0.2) is 0 Å². The van der Waals surface area contributed by atoms with E-state index < -0.39 is 0 Å². The van der Waals surface area contributed by atoms with E-state index in [0.29, 0.717) is 5.54 Å². The summed E-state index contributed by atoms with van der Waals surface area (Å²) in [4.78, 5) is 4.25. The molecule has 1 N–H and O–H groups in total. The molecule has 0 spiro atoms. The van der Waals surface area contributed by atoms with Gasteiger partial charge in [0.05, 0.1) is 0 Å². The minimum absolute atomic E-state index is 0.368. The summed E-state index contributed by atoms with van der Waals surface area (Å²) in [5, 5.41) is 4.60. The fourth-order valence-electron chi connectivity index (χ4n) is 4.07. The molecular formula is C18H26N2S. The van der Waals surface area contributed by atoms with Gasteiger partial charge in [-0.3, -0.25) is 0 Å². The molecule has 0 aromatic heterocycles. The van der Waals surface area contributed by atoms with Crippen molar-refractivity contribution in [3.63, 3.8) is 0 Å². The van der Waals surface area contributed by atoms with E-state index >= 15 is 0 Å². The van der Waals surface area contributed by atoms with E-state index in [4.69, 9.17) is 0 Å². The Morgan fingerprint density at radius 2 is 2.19 bits per heavy atom. The van der Waals surface area contributed by atoms with Crippen LogP contribution in [0.3, 0.4) is 0 Å². The third-order valence-corrected chi connectivity index (χ3v) is 6.69. The molecule has 2 aliphatic heterocycles. The van der Waals surface area contributed by atoms with Crippen LogP contribution >= 0.6 is 11.8 Å². The maximum absolute atomic E-state index is 3.84. The van der Waals surface area contributed by atoms with Crippen LogP contribution in [0, 0.1) is 5.92 Å². The van der Waals surface area contributed by atoms with Gasteiger partial charge in [0.1, 0.15) is 0 Å². The van der Waals surface area contributed by atoms with E-state index in [1.807, 2.05) is 0 Å². The standard InChI is InChI=1S/C18H26N2S/c1-18(15-7-8-15)13-20(10-4-9-19-18)12-16-11-14-5-2-3-6-17(14)21-16/h2-3,5-6,15-16,19H,4,7-13H2,1H3. The molecule has 114 valence electrons. The van der Waals surface area contributed by atoms with Crippen LogP contribution in [0.5, 0.6) is 0 Å². The fraction of sp³-hybridized carbons (Fsp3) is 0.667. The number of thioether (sulfide) groups is 1. The molecule has 2 fully saturated rings. The van der Waals surface area contributed by atoms with Crippen LogP contribution in [-0.2, 0) is 6.42 Å². The molecule has 4 rings (SSSR count). The highest BCUT2D eigenvalue weighted by Crippen LogP contribution is 2.41. The van der Waals surface area contributed by atoms with Crippen LogP contribution in [-0.4, -0.2) is 41.9 Å². The minimum atomic E-state index is 0.368. The highest BCUT2D eigenvalue weighted by Gasteiger charge is 2.43. The largest absolute Gasteiger partial charge is 0.310 e. The Morgan fingerprint density at radius 1 is 1.33 bits per heavy atom. The third kappa shape index (κ3) is 3.01. The second-order valence-corrected chi connectivity index (χ2v) is 8.60. The predicted molar refractivity (Wildman–Crippen MR) is 90.0 cm³/mol. The van der Waals surface area contributed by atoms with Crippen LogP contribution in [0.2, 0.25) is 0 Å². The summed E-state index contributed by atoms with van der Waals surface area (Å²) >= 11 is 2.10. The Bertz CT molecular complexity index is 489. The number of hydrogen-bond acceptors (Lipinski definition) is 3. The summed E-state index contributed by atoms with van der Waals surface area (Å²) in [5.41, 5.74) is 1.93. The topological polar surface area (TPSA) is 15.3 Å². The van der Waals surface area contributed by atoms with Crippen molar-refractivity contribution in [3.8, 4) is 0 Å². The summed E-state index contributed by atoms with van der Waals surface area (Å²) in [6.45, 7) is 7.41. The molecule has 1 aromatic carbocycles. The first-order chi connectivity index (χ1) is 10.2. The van der Waals surface area contributed by atoms with E-state index in [9.17, 15) is 0 Å². The van der Waals surface area contributed by atoms with Crippen molar-refractivity contribution in [2.75, 3.05) is 26.2 Å². The zero-order valence-corrected chi connectivity index (χ0v) is 13.8. The van der Waals surface area contributed by atoms with E-state index in [-0.39, 0.29) is 0 Å². The van der Waals surface area contributed by atoms with Crippen molar-refractivity contribution in [2.45, 2.75) is 48.3 Å². The van der Waals surface area contributed by atoms with Crippen molar-refractivity contribution in [1.82, 2.24) is 10.2 Å². The summed E-state index contributed by atoms with van der Waals surface area (Å²) < 4.78 is 0. The van der Waals surface area contributed by atoms with Gasteiger partial charge in [0.25, 0.3) is 0 Å². The van der Waals surface area contributed by atoms with Crippen molar-refractivity contribution < 1.29 is 0 Å². The molecular weight excluding hydrogens is 276 g/mol. The van der Waals surface area contributed by atoms with Gasteiger partial charge in [0.15, 0.2) is 0 Å². The first kappa shape index (κ1) is 14.1. The molecule has 1 aliphatic carbocycles. The molecule has 21 heavy (non-hydrogen) atoms. The normalized spacial score (nSPS) is 33.7. The summed E-state index contributed by atoms with van der Waals surface area (Å²) in [6.07, 6.45) is 5.42. The SMILES string of the molecule is CC1(C2CC2)CN(CC2Cc3ccccc3S2)CCCN1. The van der Waals surface area contributed by atoms with Crippen molar-refractivity contribution in [2.24, 2.45) is 5.92 Å². The first-order valence-corrected chi connectivity index (χ1v) is 9.33. The number of nitrogens with zero attached hydrogens (tertiary/aromatic N) is 1. The van der Waals surface area contributed by atoms with E-state index in [0.717, 1.165) is 11.2 Å². The van der Waals surface area contributed by atoms with Crippen molar-refractivity contribution >= 4 is 11.8 Å². The first-order valence-electron chi connectivity index (χ1n) is 8.45. The van der Waals surface area contributed by atoms with E-state index in [2.05, 4.69) is 53.2 Å². The number of hydrogen-bond donors (Lipinski definition) is 1. The zero-order valence-electron chi connectivity index (χ0n) is 13.0. The Morgan fingerprint density at radius 3 is 3.00 bits per heavy atom. The Balaban J connectivity index is 1.40. The van der Waals surface area contributed by atoms with E-state index in [1.165, 1.54) is 56.8 Å². The highest BCUT2D eigenvalue weighted by atomic mass is 32.2. The van der Waals surface area contributed by atoms with Crippen LogP contribution in [0.4, 0.5) is 0 Å². The van der Waals surface area contributed by atoms with Gasteiger partial charge < -0.3 is 10.2 Å². The Labute approximate surface area is 132 Å². The van der Waals surface area contributed by atoms with Gasteiger partial charge >= 0.3 is 0 Å². The Hall–Kier alpha value is -0.510. The number of nitrogens with one attached hydrogen (secondary N) is 1. The fourth-order valence-corrected chi connectivity index (χ4v) is 5.44. The van der Waals surface area contributed by atoms with Crippen LogP contribution in [0.15, 0.2) is 29.2 Å². The summed E-state index contributed by atoms with van der Waals surface area (Å²) in [6, 6.07) is 8.95. The molecule has 0 bridgehead atoms. The average Bonchev–Trinajstić information content (AvgIpc) is 3.26. The van der Waals surface area contributed by atoms with Crippen molar-refractivity contribution in [3.05, 3.63) is 29.8 Å². The maximum Gasteiger partial charge on any atom is 0.0308 e. The molecule has 3 aliphatic rings. The molecule has 1 saturated carbocycles. The maximum atomic E-state index is 3.84. The minimum Gasteiger partial charge on any atom is -0.310 e. The molecule has 1 aromatic rings. The number of benzene rings is 1. The van der Waals surface area contributed by atoms with Crippen LogP contribution in [0.25, 0.3) is 0 Å². The van der Waals surface area contributed by atoms with Crippen LogP contribution in [0.1, 0.15) is 31.7 Å². The monoisotopic (exact) mass is 302 g/mol. The number of fused-ring (bicyclic) bond motifs is 1. The summed E-state index contributed by atoms with van der Waals surface area (Å²) in [7, 11) is 0. The van der Waals surface area contributed by atoms with E-state index in [1.54, 1.807) is 5.56 Å². The Kier molecular flexibility index (Phi) is 3.76. The quantitative estimate of drug-likeness (QED) is 0.923. The molecule has 0 radical (unpaired) electrons. The molecule has 2 atom stereocenters. The van der Waals surface area contributed by atoms with Gasteiger partial charge in [-0.2, -0.15) is 0 Å². The zero-order chi connectivity index (χ0) is 14.3. The molecule has 1 saturated heterocycles. The lowest BCUT2D eigenvalue weighted by Crippen LogP contribution is -2.51. The lowest BCUT2D eigenvalue weighted by Gasteiger charge is -2.34. The second-order valence-electron chi connectivity index (χ2n) is 7.26. The smallest absolute Gasteiger partial charge is 0.0308 e. The van der Waals surface area contributed by atoms with Crippen LogP contribution < -0.4 is 5.32 Å². The molecule has 2 heterocycles. The lowest BCUT2D eigenvalue weighted by molar-refractivity contribution is 0.202. The average molecular weight is 302 g/mol.